The fraction of sp³-hybridized carbons (Fsp3) is 0.462. The first kappa shape index (κ1) is 15.5. The number of anilines is 1. The first-order valence-corrected chi connectivity index (χ1v) is 7.61. The van der Waals surface area contributed by atoms with E-state index in [0.29, 0.717) is 24.5 Å². The van der Waals surface area contributed by atoms with Crippen LogP contribution in [0.3, 0.4) is 0 Å². The zero-order valence-electron chi connectivity index (χ0n) is 12.2. The molecule has 1 aliphatic rings. The molecule has 0 bridgehead atoms. The van der Waals surface area contributed by atoms with Gasteiger partial charge in [0.05, 0.1) is 11.8 Å². The molecule has 2 heterocycles. The van der Waals surface area contributed by atoms with Gasteiger partial charge in [0, 0.05) is 40.3 Å². The average Bonchev–Trinajstić information content (AvgIpc) is 2.51. The Labute approximate surface area is 124 Å². The second-order valence-corrected chi connectivity index (χ2v) is 5.69. The van der Waals surface area contributed by atoms with E-state index in [4.69, 9.17) is 5.11 Å². The minimum atomic E-state index is -0.406. The van der Waals surface area contributed by atoms with Gasteiger partial charge in [-0.3, -0.25) is 18.6 Å². The summed E-state index contributed by atoms with van der Waals surface area (Å²) in [5, 5.41) is 9.05. The summed E-state index contributed by atoms with van der Waals surface area (Å²) in [6, 6.07) is 0. The molecule has 0 unspecified atom stereocenters. The molecule has 0 spiro atoms. The van der Waals surface area contributed by atoms with E-state index in [2.05, 4.69) is 11.0 Å². The van der Waals surface area contributed by atoms with E-state index in [-0.39, 0.29) is 5.69 Å². The first-order valence-electron chi connectivity index (χ1n) is 6.58. The first-order chi connectivity index (χ1) is 10.0. The van der Waals surface area contributed by atoms with Crippen molar-refractivity contribution >= 4 is 26.5 Å². The summed E-state index contributed by atoms with van der Waals surface area (Å²) >= 11 is 0. The lowest BCUT2D eigenvalue weighted by Gasteiger charge is -2.35. The van der Waals surface area contributed by atoms with Gasteiger partial charge in [-0.1, -0.05) is 6.30 Å². The molecule has 0 atom stereocenters. The SMILES string of the molecule is C=PN1CCN(c2c(C=CO)c(=O)n(C)c(=O)n2C)CC1. The molecule has 1 N–H and O–H groups in total. The Balaban J connectivity index is 2.55. The van der Waals surface area contributed by atoms with Gasteiger partial charge in [-0.15, -0.1) is 0 Å². The second kappa shape index (κ2) is 6.28. The Kier molecular flexibility index (Phi) is 4.65. The molecule has 2 rings (SSSR count). The van der Waals surface area contributed by atoms with E-state index in [1.165, 1.54) is 17.7 Å². The highest BCUT2D eigenvalue weighted by Gasteiger charge is 2.23. The van der Waals surface area contributed by atoms with Crippen molar-refractivity contribution in [1.82, 2.24) is 13.8 Å². The van der Waals surface area contributed by atoms with Crippen LogP contribution in [0, 0.1) is 0 Å². The highest BCUT2D eigenvalue weighted by Crippen LogP contribution is 2.20. The van der Waals surface area contributed by atoms with Crippen molar-refractivity contribution in [3.8, 4) is 0 Å². The Hall–Kier alpha value is -1.85. The van der Waals surface area contributed by atoms with Crippen molar-refractivity contribution in [3.63, 3.8) is 0 Å². The molecule has 0 amide bonds. The van der Waals surface area contributed by atoms with Gasteiger partial charge in [0.25, 0.3) is 5.56 Å². The molecular weight excluding hydrogens is 291 g/mol. The lowest BCUT2D eigenvalue weighted by atomic mass is 10.2. The van der Waals surface area contributed by atoms with E-state index in [0.717, 1.165) is 32.3 Å². The highest BCUT2D eigenvalue weighted by atomic mass is 31.1. The largest absolute Gasteiger partial charge is 0.516 e. The lowest BCUT2D eigenvalue weighted by Crippen LogP contribution is -2.48. The third-order valence-electron chi connectivity index (χ3n) is 3.66. The molecule has 7 nitrogen and oxygen atoms in total. The van der Waals surface area contributed by atoms with Gasteiger partial charge < -0.3 is 10.0 Å². The van der Waals surface area contributed by atoms with Crippen LogP contribution in [0.2, 0.25) is 0 Å². The average molecular weight is 310 g/mol. The van der Waals surface area contributed by atoms with Gasteiger partial charge >= 0.3 is 5.69 Å². The van der Waals surface area contributed by atoms with Crippen LogP contribution in [0.4, 0.5) is 5.82 Å². The molecule has 0 aromatic carbocycles. The summed E-state index contributed by atoms with van der Waals surface area (Å²) in [6.45, 7) is 3.04. The predicted octanol–water partition coefficient (Wildman–Crippen LogP) is 0.0279. The molecule has 114 valence electrons. The molecule has 1 saturated heterocycles. The zero-order chi connectivity index (χ0) is 15.6. The third kappa shape index (κ3) is 2.80. The van der Waals surface area contributed by atoms with Crippen LogP contribution in [0.1, 0.15) is 5.56 Å². The van der Waals surface area contributed by atoms with Crippen molar-refractivity contribution in [2.45, 2.75) is 0 Å². The van der Waals surface area contributed by atoms with Gasteiger partial charge in [-0.2, -0.15) is 0 Å². The minimum Gasteiger partial charge on any atom is -0.516 e. The standard InChI is InChI=1S/C13H19N4O3P/c1-14-11(16-5-7-17(21-3)8-6-16)10(4-9-18)12(19)15(2)13(14)20/h4,9,18H,3,5-8H2,1-2H3. The number of hydrogen-bond acceptors (Lipinski definition) is 5. The number of hydrogen-bond donors (Lipinski definition) is 1. The summed E-state index contributed by atoms with van der Waals surface area (Å²) < 4.78 is 4.68. The maximum atomic E-state index is 12.3. The van der Waals surface area contributed by atoms with Crippen molar-refractivity contribution in [2.24, 2.45) is 14.1 Å². The lowest BCUT2D eigenvalue weighted by molar-refractivity contribution is 0.422. The van der Waals surface area contributed by atoms with E-state index in [9.17, 15) is 9.59 Å². The Morgan fingerprint density at radius 2 is 1.76 bits per heavy atom. The van der Waals surface area contributed by atoms with Crippen LogP contribution < -0.4 is 16.1 Å². The van der Waals surface area contributed by atoms with Crippen molar-refractivity contribution in [2.75, 3.05) is 31.1 Å². The quantitative estimate of drug-likeness (QED) is 0.630. The maximum Gasteiger partial charge on any atom is 0.332 e. The Morgan fingerprint density at radius 3 is 2.29 bits per heavy atom. The Bertz CT molecular complexity index is 684. The van der Waals surface area contributed by atoms with Gasteiger partial charge in [0.1, 0.15) is 5.82 Å². The molecule has 0 saturated carbocycles. The molecule has 1 aromatic rings. The van der Waals surface area contributed by atoms with E-state index in [1.54, 1.807) is 7.05 Å². The number of aliphatic hydroxyl groups is 1. The topological polar surface area (TPSA) is 70.7 Å². The van der Waals surface area contributed by atoms with Gasteiger partial charge in [0.15, 0.2) is 0 Å². The monoisotopic (exact) mass is 310 g/mol. The normalized spacial score (nSPS) is 17.0. The van der Waals surface area contributed by atoms with Crippen LogP contribution >= 0.6 is 8.35 Å². The molecule has 21 heavy (non-hydrogen) atoms. The van der Waals surface area contributed by atoms with E-state index >= 15 is 0 Å². The highest BCUT2D eigenvalue weighted by molar-refractivity contribution is 7.33. The van der Waals surface area contributed by atoms with Crippen molar-refractivity contribution < 1.29 is 5.11 Å². The molecular formula is C13H19N4O3P. The van der Waals surface area contributed by atoms with Crippen LogP contribution in [0.25, 0.3) is 6.08 Å². The van der Waals surface area contributed by atoms with Crippen LogP contribution in [0.15, 0.2) is 15.9 Å². The molecule has 1 aromatic heterocycles. The molecule has 1 aliphatic heterocycles. The second-order valence-electron chi connectivity index (χ2n) is 4.84. The van der Waals surface area contributed by atoms with Crippen molar-refractivity contribution in [3.05, 3.63) is 32.7 Å². The minimum absolute atomic E-state index is 0.322. The number of nitrogens with zero attached hydrogens (tertiary/aromatic N) is 4. The van der Waals surface area contributed by atoms with E-state index in [1.807, 2.05) is 4.90 Å². The predicted molar refractivity (Wildman–Crippen MR) is 86.4 cm³/mol. The van der Waals surface area contributed by atoms with E-state index < -0.39 is 5.56 Å². The van der Waals surface area contributed by atoms with Crippen LogP contribution in [-0.4, -0.2) is 51.4 Å². The zero-order valence-corrected chi connectivity index (χ0v) is 13.1. The molecule has 8 heteroatoms. The molecule has 0 radical (unpaired) electrons. The van der Waals surface area contributed by atoms with Crippen LogP contribution in [-0.2, 0) is 14.1 Å². The number of aliphatic hydroxyl groups excluding tert-OH is 1. The molecule has 0 aliphatic carbocycles. The van der Waals surface area contributed by atoms with Crippen molar-refractivity contribution in [1.29, 1.82) is 0 Å². The number of aromatic nitrogens is 2. The summed E-state index contributed by atoms with van der Waals surface area (Å²) in [7, 11) is 4.04. The fourth-order valence-electron chi connectivity index (χ4n) is 2.51. The van der Waals surface area contributed by atoms with Crippen LogP contribution in [0.5, 0.6) is 0 Å². The smallest absolute Gasteiger partial charge is 0.332 e. The van der Waals surface area contributed by atoms with Gasteiger partial charge in [-0.05, 0) is 14.4 Å². The summed E-state index contributed by atoms with van der Waals surface area (Å²) in [6.07, 6.45) is 6.00. The number of piperazine rings is 1. The molecule has 1 fully saturated rings. The summed E-state index contributed by atoms with van der Waals surface area (Å²) in [4.78, 5) is 26.4. The summed E-state index contributed by atoms with van der Waals surface area (Å²) in [5.74, 6) is 0.550. The maximum absolute atomic E-state index is 12.3. The number of rotatable bonds is 3. The fourth-order valence-corrected chi connectivity index (χ4v) is 2.97. The Morgan fingerprint density at radius 1 is 1.14 bits per heavy atom. The third-order valence-corrected chi connectivity index (χ3v) is 4.46. The summed E-state index contributed by atoms with van der Waals surface area (Å²) in [5.41, 5.74) is -0.457. The van der Waals surface area contributed by atoms with Gasteiger partial charge in [0.2, 0.25) is 0 Å². The van der Waals surface area contributed by atoms with Gasteiger partial charge in [-0.25, -0.2) is 4.79 Å².